The zero-order valence-electron chi connectivity index (χ0n) is 13.3. The van der Waals surface area contributed by atoms with E-state index in [4.69, 9.17) is 0 Å². The fourth-order valence-corrected chi connectivity index (χ4v) is 4.35. The Morgan fingerprint density at radius 3 is 2.29 bits per heavy atom. The van der Waals surface area contributed by atoms with Crippen LogP contribution in [0.4, 0.5) is 5.69 Å². The van der Waals surface area contributed by atoms with Gasteiger partial charge in [-0.05, 0) is 68.9 Å². The Kier molecular flexibility index (Phi) is 7.56. The maximum absolute atomic E-state index is 12.4. The van der Waals surface area contributed by atoms with Gasteiger partial charge in [0, 0.05) is 18.8 Å². The molecule has 2 N–H and O–H groups in total. The Bertz CT molecular complexity index is 534. The van der Waals surface area contributed by atoms with Crippen LogP contribution < -0.4 is 10.0 Å². The molecule has 0 aliphatic carbocycles. The lowest BCUT2D eigenvalue weighted by Gasteiger charge is -2.14. The SMILES string of the molecule is CCNc1cc(C)c(S(=O)(=O)NCCCCSC)c(C)c1. The van der Waals surface area contributed by atoms with Crippen LogP contribution in [0.25, 0.3) is 0 Å². The molecule has 0 heterocycles. The van der Waals surface area contributed by atoms with Crippen LogP contribution in [0.2, 0.25) is 0 Å². The molecular weight excluding hydrogens is 304 g/mol. The quantitative estimate of drug-likeness (QED) is 0.683. The summed E-state index contributed by atoms with van der Waals surface area (Å²) in [5.41, 5.74) is 2.52. The predicted molar refractivity (Wildman–Crippen MR) is 92.9 cm³/mol. The molecule has 0 saturated heterocycles. The smallest absolute Gasteiger partial charge is 0.241 e. The first kappa shape index (κ1) is 18.3. The molecule has 0 atom stereocenters. The van der Waals surface area contributed by atoms with Crippen LogP contribution in [0.5, 0.6) is 0 Å². The zero-order chi connectivity index (χ0) is 15.9. The van der Waals surface area contributed by atoms with Crippen LogP contribution in [0.15, 0.2) is 17.0 Å². The van der Waals surface area contributed by atoms with Gasteiger partial charge in [-0.3, -0.25) is 0 Å². The molecule has 0 spiro atoms. The van der Waals surface area contributed by atoms with Crippen molar-refractivity contribution in [2.24, 2.45) is 0 Å². The van der Waals surface area contributed by atoms with Crippen LogP contribution in [0.1, 0.15) is 30.9 Å². The summed E-state index contributed by atoms with van der Waals surface area (Å²) in [7, 11) is -3.43. The highest BCUT2D eigenvalue weighted by Crippen LogP contribution is 2.24. The van der Waals surface area contributed by atoms with Gasteiger partial charge in [0.05, 0.1) is 4.90 Å². The lowest BCUT2D eigenvalue weighted by Crippen LogP contribution is -2.26. The van der Waals surface area contributed by atoms with E-state index < -0.39 is 10.0 Å². The minimum Gasteiger partial charge on any atom is -0.385 e. The molecule has 0 aliphatic heterocycles. The Morgan fingerprint density at radius 1 is 1.14 bits per heavy atom. The van der Waals surface area contributed by atoms with Gasteiger partial charge in [0.2, 0.25) is 10.0 Å². The third kappa shape index (κ3) is 5.52. The number of benzene rings is 1. The van der Waals surface area contributed by atoms with Gasteiger partial charge < -0.3 is 5.32 Å². The molecule has 0 bridgehead atoms. The molecule has 1 aromatic carbocycles. The molecule has 1 rings (SSSR count). The van der Waals surface area contributed by atoms with E-state index in [0.29, 0.717) is 11.4 Å². The Hall–Kier alpha value is -0.720. The van der Waals surface area contributed by atoms with Crippen LogP contribution >= 0.6 is 11.8 Å². The van der Waals surface area contributed by atoms with Gasteiger partial charge in [0.25, 0.3) is 0 Å². The van der Waals surface area contributed by atoms with Crippen molar-refractivity contribution in [3.63, 3.8) is 0 Å². The molecular formula is C15H26N2O2S2. The number of aryl methyl sites for hydroxylation is 2. The largest absolute Gasteiger partial charge is 0.385 e. The van der Waals surface area contributed by atoms with Crippen LogP contribution in [-0.4, -0.2) is 33.5 Å². The summed E-state index contributed by atoms with van der Waals surface area (Å²) in [5.74, 6) is 1.07. The summed E-state index contributed by atoms with van der Waals surface area (Å²) in [6, 6.07) is 3.78. The second-order valence-corrected chi connectivity index (χ2v) is 7.76. The molecule has 0 aliphatic rings. The first-order valence-electron chi connectivity index (χ1n) is 7.26. The second-order valence-electron chi connectivity index (χ2n) is 5.07. The summed E-state index contributed by atoms with van der Waals surface area (Å²) < 4.78 is 27.6. The maximum atomic E-state index is 12.4. The first-order valence-corrected chi connectivity index (χ1v) is 10.1. The molecule has 0 radical (unpaired) electrons. The Balaban J connectivity index is 2.83. The summed E-state index contributed by atoms with van der Waals surface area (Å²) in [5, 5.41) is 3.22. The van der Waals surface area contributed by atoms with Crippen LogP contribution in [-0.2, 0) is 10.0 Å². The highest BCUT2D eigenvalue weighted by molar-refractivity contribution is 7.98. The third-order valence-corrected chi connectivity index (χ3v) is 5.64. The lowest BCUT2D eigenvalue weighted by atomic mass is 10.1. The molecule has 0 unspecified atom stereocenters. The van der Waals surface area contributed by atoms with Gasteiger partial charge in [0.1, 0.15) is 0 Å². The van der Waals surface area contributed by atoms with Crippen molar-refractivity contribution in [1.29, 1.82) is 0 Å². The minimum atomic E-state index is -3.43. The molecule has 0 fully saturated rings. The van der Waals surface area contributed by atoms with Crippen molar-refractivity contribution < 1.29 is 8.42 Å². The van der Waals surface area contributed by atoms with Gasteiger partial charge in [-0.15, -0.1) is 0 Å². The van der Waals surface area contributed by atoms with E-state index in [9.17, 15) is 8.42 Å². The number of unbranched alkanes of at least 4 members (excludes halogenated alkanes) is 1. The zero-order valence-corrected chi connectivity index (χ0v) is 15.0. The van der Waals surface area contributed by atoms with Gasteiger partial charge in [-0.2, -0.15) is 11.8 Å². The molecule has 0 amide bonds. The average Bonchev–Trinajstić information content (AvgIpc) is 2.37. The molecule has 1 aromatic rings. The topological polar surface area (TPSA) is 58.2 Å². The van der Waals surface area contributed by atoms with Crippen molar-refractivity contribution in [1.82, 2.24) is 4.72 Å². The van der Waals surface area contributed by atoms with Gasteiger partial charge >= 0.3 is 0 Å². The number of sulfonamides is 1. The molecule has 21 heavy (non-hydrogen) atoms. The third-order valence-electron chi connectivity index (χ3n) is 3.18. The summed E-state index contributed by atoms with van der Waals surface area (Å²) in [6.45, 7) is 7.02. The van der Waals surface area contributed by atoms with Crippen LogP contribution in [0.3, 0.4) is 0 Å². The standard InChI is InChI=1S/C15H26N2O2S2/c1-5-16-14-10-12(2)15(13(3)11-14)21(18,19)17-8-6-7-9-20-4/h10-11,16-17H,5-9H2,1-4H3. The number of nitrogens with one attached hydrogen (secondary N) is 2. The number of thioether (sulfide) groups is 1. The summed E-state index contributed by atoms with van der Waals surface area (Å²) in [4.78, 5) is 0.411. The Labute approximate surface area is 133 Å². The first-order chi connectivity index (χ1) is 9.92. The van der Waals surface area contributed by atoms with Gasteiger partial charge in [-0.1, -0.05) is 0 Å². The fourth-order valence-electron chi connectivity index (χ4n) is 2.33. The van der Waals surface area contributed by atoms with E-state index >= 15 is 0 Å². The molecule has 0 saturated carbocycles. The second kappa shape index (κ2) is 8.66. The van der Waals surface area contributed by atoms with Crippen molar-refractivity contribution in [3.8, 4) is 0 Å². The minimum absolute atomic E-state index is 0.411. The van der Waals surface area contributed by atoms with Crippen LogP contribution in [0, 0.1) is 13.8 Å². The van der Waals surface area contributed by atoms with E-state index in [-0.39, 0.29) is 0 Å². The fraction of sp³-hybridized carbons (Fsp3) is 0.600. The molecule has 4 nitrogen and oxygen atoms in total. The highest BCUT2D eigenvalue weighted by Gasteiger charge is 2.19. The summed E-state index contributed by atoms with van der Waals surface area (Å²) in [6.07, 6.45) is 3.96. The van der Waals surface area contributed by atoms with Crippen molar-refractivity contribution in [3.05, 3.63) is 23.3 Å². The number of hydrogen-bond acceptors (Lipinski definition) is 4. The van der Waals surface area contributed by atoms with Gasteiger partial charge in [-0.25, -0.2) is 13.1 Å². The van der Waals surface area contributed by atoms with E-state index in [1.807, 2.05) is 32.9 Å². The van der Waals surface area contributed by atoms with Gasteiger partial charge in [0.15, 0.2) is 0 Å². The predicted octanol–water partition coefficient (Wildman–Crippen LogP) is 3.16. The van der Waals surface area contributed by atoms with Crippen molar-refractivity contribution in [2.75, 3.05) is 30.4 Å². The highest BCUT2D eigenvalue weighted by atomic mass is 32.2. The van der Waals surface area contributed by atoms with E-state index in [2.05, 4.69) is 16.3 Å². The maximum Gasteiger partial charge on any atom is 0.241 e. The molecule has 0 aromatic heterocycles. The number of anilines is 1. The van der Waals surface area contributed by atoms with Crippen molar-refractivity contribution >= 4 is 27.5 Å². The summed E-state index contributed by atoms with van der Waals surface area (Å²) >= 11 is 1.78. The Morgan fingerprint density at radius 2 is 1.76 bits per heavy atom. The molecule has 120 valence electrons. The average molecular weight is 331 g/mol. The number of hydrogen-bond donors (Lipinski definition) is 2. The van der Waals surface area contributed by atoms with E-state index in [0.717, 1.165) is 42.0 Å². The lowest BCUT2D eigenvalue weighted by molar-refractivity contribution is 0.577. The number of rotatable bonds is 9. The molecule has 6 heteroatoms. The normalized spacial score (nSPS) is 11.6. The van der Waals surface area contributed by atoms with Crippen molar-refractivity contribution in [2.45, 2.75) is 38.5 Å². The van der Waals surface area contributed by atoms with E-state index in [1.165, 1.54) is 0 Å². The van der Waals surface area contributed by atoms with E-state index in [1.54, 1.807) is 11.8 Å². The monoisotopic (exact) mass is 330 g/mol.